The zero-order valence-electron chi connectivity index (χ0n) is 6.30. The Morgan fingerprint density at radius 1 is 1.55 bits per heavy atom. The fraction of sp³-hybridized carbons (Fsp3) is 0.250. The second-order valence-corrected chi connectivity index (χ2v) is 4.06. The molecule has 0 aliphatic heterocycles. The van der Waals surface area contributed by atoms with Crippen LogP contribution in [0, 0.1) is 0 Å². The zero-order valence-corrected chi connectivity index (χ0v) is 8.71. The molecule has 1 aromatic rings. The highest BCUT2D eigenvalue weighted by atomic mass is 79.9. The van der Waals surface area contributed by atoms with Crippen LogP contribution in [-0.4, -0.2) is 6.26 Å². The van der Waals surface area contributed by atoms with Crippen molar-refractivity contribution in [3.8, 4) is 0 Å². The quantitative estimate of drug-likeness (QED) is 0.793. The summed E-state index contributed by atoms with van der Waals surface area (Å²) in [4.78, 5) is 0. The fourth-order valence-corrected chi connectivity index (χ4v) is 1.81. The lowest BCUT2D eigenvalue weighted by Gasteiger charge is -2.02. The van der Waals surface area contributed by atoms with Gasteiger partial charge in [0.25, 0.3) is 0 Å². The van der Waals surface area contributed by atoms with E-state index in [1.165, 1.54) is 5.56 Å². The van der Waals surface area contributed by atoms with Gasteiger partial charge in [0.15, 0.2) is 0 Å². The van der Waals surface area contributed by atoms with Crippen LogP contribution in [0.4, 0.5) is 5.69 Å². The van der Waals surface area contributed by atoms with Crippen LogP contribution in [-0.2, 0) is 5.75 Å². The Morgan fingerprint density at radius 2 is 2.27 bits per heavy atom. The topological polar surface area (TPSA) is 26.0 Å². The number of halogens is 1. The number of rotatable bonds is 2. The summed E-state index contributed by atoms with van der Waals surface area (Å²) in [5.41, 5.74) is 7.84. The van der Waals surface area contributed by atoms with Gasteiger partial charge in [-0.15, -0.1) is 0 Å². The Balaban J connectivity index is 2.90. The number of benzene rings is 1. The highest BCUT2D eigenvalue weighted by molar-refractivity contribution is 9.10. The molecule has 0 saturated carbocycles. The summed E-state index contributed by atoms with van der Waals surface area (Å²) in [7, 11) is 0. The van der Waals surface area contributed by atoms with Gasteiger partial charge in [0.1, 0.15) is 0 Å². The molecule has 0 saturated heterocycles. The van der Waals surface area contributed by atoms with Crippen molar-refractivity contribution in [3.63, 3.8) is 0 Å². The molecule has 0 spiro atoms. The molecule has 1 aromatic carbocycles. The maximum atomic E-state index is 5.76. The average molecular weight is 232 g/mol. The van der Waals surface area contributed by atoms with Gasteiger partial charge in [0.05, 0.1) is 0 Å². The van der Waals surface area contributed by atoms with E-state index in [1.807, 2.05) is 12.1 Å². The summed E-state index contributed by atoms with van der Waals surface area (Å²) in [6.45, 7) is 0. The molecular formula is C8H10BrNS. The summed E-state index contributed by atoms with van der Waals surface area (Å²) < 4.78 is 1.04. The molecule has 11 heavy (non-hydrogen) atoms. The number of hydrogen-bond donors (Lipinski definition) is 1. The first kappa shape index (κ1) is 8.94. The van der Waals surface area contributed by atoms with E-state index < -0.39 is 0 Å². The molecule has 0 aliphatic rings. The number of nitrogens with two attached hydrogens (primary N) is 1. The molecule has 3 heteroatoms. The average Bonchev–Trinajstić information content (AvgIpc) is 1.95. The predicted molar refractivity (Wildman–Crippen MR) is 55.8 cm³/mol. The minimum absolute atomic E-state index is 0.869. The van der Waals surface area contributed by atoms with E-state index in [1.54, 1.807) is 11.8 Å². The second-order valence-electron chi connectivity index (χ2n) is 2.28. The molecular weight excluding hydrogens is 222 g/mol. The summed E-state index contributed by atoms with van der Waals surface area (Å²) in [5.74, 6) is 0.985. The van der Waals surface area contributed by atoms with Crippen molar-refractivity contribution in [1.82, 2.24) is 0 Å². The number of hydrogen-bond acceptors (Lipinski definition) is 2. The normalized spacial score (nSPS) is 10.0. The molecule has 1 nitrogen and oxygen atoms in total. The summed E-state index contributed by atoms with van der Waals surface area (Å²) >= 11 is 5.14. The first-order valence-corrected chi connectivity index (χ1v) is 5.45. The molecule has 0 unspecified atom stereocenters. The highest BCUT2D eigenvalue weighted by Crippen LogP contribution is 2.21. The molecule has 60 valence electrons. The smallest absolute Gasteiger partial charge is 0.0366 e. The van der Waals surface area contributed by atoms with Crippen molar-refractivity contribution in [1.29, 1.82) is 0 Å². The van der Waals surface area contributed by atoms with E-state index in [9.17, 15) is 0 Å². The minimum Gasteiger partial charge on any atom is -0.398 e. The lowest BCUT2D eigenvalue weighted by Crippen LogP contribution is -1.91. The van der Waals surface area contributed by atoms with E-state index in [0.29, 0.717) is 0 Å². The Kier molecular flexibility index (Phi) is 3.27. The molecule has 1 rings (SSSR count). The van der Waals surface area contributed by atoms with E-state index in [2.05, 4.69) is 28.3 Å². The van der Waals surface area contributed by atoms with Crippen molar-refractivity contribution in [2.75, 3.05) is 12.0 Å². The van der Waals surface area contributed by atoms with Crippen molar-refractivity contribution >= 4 is 33.4 Å². The molecule has 0 heterocycles. The van der Waals surface area contributed by atoms with Crippen LogP contribution in [0.2, 0.25) is 0 Å². The highest BCUT2D eigenvalue weighted by Gasteiger charge is 1.97. The van der Waals surface area contributed by atoms with Crippen LogP contribution in [0.3, 0.4) is 0 Å². The molecule has 0 bridgehead atoms. The van der Waals surface area contributed by atoms with Crippen molar-refractivity contribution < 1.29 is 0 Å². The van der Waals surface area contributed by atoms with Crippen molar-refractivity contribution in [2.24, 2.45) is 0 Å². The molecule has 0 atom stereocenters. The Bertz CT molecular complexity index is 250. The number of thioether (sulfide) groups is 1. The third kappa shape index (κ3) is 2.42. The SMILES string of the molecule is CSCc1ccc(Br)cc1N. The summed E-state index contributed by atoms with van der Waals surface area (Å²) in [6, 6.07) is 6.00. The third-order valence-corrected chi connectivity index (χ3v) is 2.50. The van der Waals surface area contributed by atoms with Gasteiger partial charge in [-0.25, -0.2) is 0 Å². The van der Waals surface area contributed by atoms with Gasteiger partial charge in [0.2, 0.25) is 0 Å². The van der Waals surface area contributed by atoms with Crippen molar-refractivity contribution in [2.45, 2.75) is 5.75 Å². The summed E-state index contributed by atoms with van der Waals surface area (Å²) in [6.07, 6.45) is 2.07. The van der Waals surface area contributed by atoms with E-state index in [4.69, 9.17) is 5.73 Å². The van der Waals surface area contributed by atoms with E-state index >= 15 is 0 Å². The molecule has 0 amide bonds. The van der Waals surface area contributed by atoms with Crippen LogP contribution in [0.5, 0.6) is 0 Å². The van der Waals surface area contributed by atoms with Gasteiger partial charge in [0, 0.05) is 15.9 Å². The third-order valence-electron chi connectivity index (χ3n) is 1.41. The first-order chi connectivity index (χ1) is 5.24. The lowest BCUT2D eigenvalue weighted by atomic mass is 10.2. The Morgan fingerprint density at radius 3 is 2.82 bits per heavy atom. The largest absolute Gasteiger partial charge is 0.398 e. The maximum Gasteiger partial charge on any atom is 0.0366 e. The van der Waals surface area contributed by atoms with Crippen LogP contribution >= 0.6 is 27.7 Å². The zero-order chi connectivity index (χ0) is 8.27. The fourth-order valence-electron chi connectivity index (χ4n) is 0.853. The maximum absolute atomic E-state index is 5.76. The lowest BCUT2D eigenvalue weighted by molar-refractivity contribution is 1.41. The minimum atomic E-state index is 0.869. The van der Waals surface area contributed by atoms with Crippen LogP contribution < -0.4 is 5.73 Å². The molecule has 2 N–H and O–H groups in total. The Labute approximate surface area is 79.5 Å². The van der Waals surface area contributed by atoms with Gasteiger partial charge < -0.3 is 5.73 Å². The van der Waals surface area contributed by atoms with Crippen LogP contribution in [0.25, 0.3) is 0 Å². The standard InChI is InChI=1S/C8H10BrNS/c1-11-5-6-2-3-7(9)4-8(6)10/h2-4H,5,10H2,1H3. The van der Waals surface area contributed by atoms with E-state index in [0.717, 1.165) is 15.9 Å². The first-order valence-electron chi connectivity index (χ1n) is 3.27. The van der Waals surface area contributed by atoms with Gasteiger partial charge in [-0.1, -0.05) is 22.0 Å². The van der Waals surface area contributed by atoms with Gasteiger partial charge in [-0.3, -0.25) is 0 Å². The molecule has 0 aromatic heterocycles. The predicted octanol–water partition coefficient (Wildman–Crippen LogP) is 2.89. The van der Waals surface area contributed by atoms with Gasteiger partial charge in [-0.05, 0) is 24.0 Å². The monoisotopic (exact) mass is 231 g/mol. The van der Waals surface area contributed by atoms with Crippen LogP contribution in [0.1, 0.15) is 5.56 Å². The molecule has 0 fully saturated rings. The van der Waals surface area contributed by atoms with E-state index in [-0.39, 0.29) is 0 Å². The van der Waals surface area contributed by atoms with Crippen molar-refractivity contribution in [3.05, 3.63) is 28.2 Å². The molecule has 0 radical (unpaired) electrons. The Hall–Kier alpha value is -0.150. The molecule has 0 aliphatic carbocycles. The van der Waals surface area contributed by atoms with Gasteiger partial charge in [-0.2, -0.15) is 11.8 Å². The number of anilines is 1. The number of nitrogen functional groups attached to an aromatic ring is 1. The van der Waals surface area contributed by atoms with Gasteiger partial charge >= 0.3 is 0 Å². The van der Waals surface area contributed by atoms with Crippen LogP contribution in [0.15, 0.2) is 22.7 Å². The second kappa shape index (κ2) is 4.02. The summed E-state index contributed by atoms with van der Waals surface area (Å²) in [5, 5.41) is 0.